The quantitative estimate of drug-likeness (QED) is 0.489. The van der Waals surface area contributed by atoms with E-state index < -0.39 is 0 Å². The molecule has 12 heavy (non-hydrogen) atoms. The first-order valence-electron chi connectivity index (χ1n) is 4.23. The van der Waals surface area contributed by atoms with Gasteiger partial charge in [0.15, 0.2) is 0 Å². The Morgan fingerprint density at radius 1 is 1.33 bits per heavy atom. The molecule has 1 aliphatic rings. The third-order valence-electron chi connectivity index (χ3n) is 2.11. The molecule has 1 unspecified atom stereocenters. The minimum absolute atomic E-state index is 0.323. The van der Waals surface area contributed by atoms with E-state index in [0.29, 0.717) is 12.2 Å². The highest BCUT2D eigenvalue weighted by Crippen LogP contribution is 2.40. The summed E-state index contributed by atoms with van der Waals surface area (Å²) in [6.07, 6.45) is 3.57. The molecule has 0 aromatic heterocycles. The van der Waals surface area contributed by atoms with Crippen LogP contribution in [0, 0.1) is 0 Å². The monoisotopic (exact) mass is 160 g/mol. The number of hydrogen-bond donors (Lipinski definition) is 0. The fourth-order valence-corrected chi connectivity index (χ4v) is 1.42. The third-order valence-corrected chi connectivity index (χ3v) is 2.11. The van der Waals surface area contributed by atoms with Gasteiger partial charge < -0.3 is 4.74 Å². The Labute approximate surface area is 72.7 Å². The van der Waals surface area contributed by atoms with Crippen LogP contribution >= 0.6 is 0 Å². The largest absolute Gasteiger partial charge is 0.364 e. The molecule has 1 aromatic carbocycles. The molecule has 1 saturated heterocycles. The highest BCUT2D eigenvalue weighted by Gasteiger charge is 2.38. The average molecular weight is 160 g/mol. The molecule has 1 heteroatoms. The Kier molecular flexibility index (Phi) is 1.96. The average Bonchev–Trinajstić information content (AvgIpc) is 2.87. The first kappa shape index (κ1) is 7.56. The molecule has 0 spiro atoms. The fraction of sp³-hybridized carbons (Fsp3) is 0.273. The lowest BCUT2D eigenvalue weighted by Gasteiger charge is -1.92. The summed E-state index contributed by atoms with van der Waals surface area (Å²) in [5, 5.41) is 0. The Bertz CT molecular complexity index is 266. The molecule has 1 heterocycles. The van der Waals surface area contributed by atoms with Gasteiger partial charge in [0.25, 0.3) is 0 Å². The fourth-order valence-electron chi connectivity index (χ4n) is 1.42. The van der Waals surface area contributed by atoms with Crippen LogP contribution in [0.1, 0.15) is 18.1 Å². The molecule has 1 nitrogen and oxygen atoms in total. The Hall–Kier alpha value is -1.08. The normalized spacial score (nSPS) is 26.7. The lowest BCUT2D eigenvalue weighted by atomic mass is 10.1. The molecule has 0 aliphatic carbocycles. The number of benzene rings is 1. The third kappa shape index (κ3) is 1.41. The van der Waals surface area contributed by atoms with E-state index in [9.17, 15) is 0 Å². The van der Waals surface area contributed by atoms with E-state index in [1.807, 2.05) is 24.3 Å². The maximum absolute atomic E-state index is 5.47. The molecular formula is C11H12O. The predicted molar refractivity (Wildman–Crippen MR) is 48.9 cm³/mol. The Morgan fingerprint density at radius 3 is 2.75 bits per heavy atom. The van der Waals surface area contributed by atoms with Crippen LogP contribution in [-0.2, 0) is 4.74 Å². The summed E-state index contributed by atoms with van der Waals surface area (Å²) in [6, 6.07) is 10.3. The minimum Gasteiger partial charge on any atom is -0.364 e. The van der Waals surface area contributed by atoms with Gasteiger partial charge in [-0.15, -0.1) is 6.58 Å². The summed E-state index contributed by atoms with van der Waals surface area (Å²) in [4.78, 5) is 0. The zero-order chi connectivity index (χ0) is 8.39. The van der Waals surface area contributed by atoms with Crippen LogP contribution in [0.25, 0.3) is 0 Å². The predicted octanol–water partition coefficient (Wildman–Crippen LogP) is 2.70. The van der Waals surface area contributed by atoms with Gasteiger partial charge in [0, 0.05) is 0 Å². The molecule has 0 radical (unpaired) electrons. The summed E-state index contributed by atoms with van der Waals surface area (Å²) in [6.45, 7) is 3.69. The molecular weight excluding hydrogens is 148 g/mol. The molecule has 1 aliphatic heterocycles. The van der Waals surface area contributed by atoms with E-state index >= 15 is 0 Å². The van der Waals surface area contributed by atoms with Crippen molar-refractivity contribution in [2.24, 2.45) is 0 Å². The van der Waals surface area contributed by atoms with Gasteiger partial charge in [-0.3, -0.25) is 0 Å². The van der Waals surface area contributed by atoms with Crippen LogP contribution in [-0.4, -0.2) is 6.10 Å². The van der Waals surface area contributed by atoms with E-state index in [2.05, 4.69) is 18.7 Å². The first-order valence-corrected chi connectivity index (χ1v) is 4.23. The SMILES string of the molecule is C=CC[C@@H]1OC1c1ccccc1. The molecule has 1 fully saturated rings. The summed E-state index contributed by atoms with van der Waals surface area (Å²) < 4.78 is 5.47. The smallest absolute Gasteiger partial charge is 0.109 e. The second-order valence-electron chi connectivity index (χ2n) is 3.03. The van der Waals surface area contributed by atoms with Gasteiger partial charge in [0.2, 0.25) is 0 Å². The number of rotatable bonds is 3. The van der Waals surface area contributed by atoms with E-state index in [0.717, 1.165) is 6.42 Å². The van der Waals surface area contributed by atoms with Crippen molar-refractivity contribution < 1.29 is 4.74 Å². The van der Waals surface area contributed by atoms with Crippen molar-refractivity contribution in [2.75, 3.05) is 0 Å². The van der Waals surface area contributed by atoms with E-state index in [1.54, 1.807) is 0 Å². The Balaban J connectivity index is 2.01. The molecule has 1 aromatic rings. The van der Waals surface area contributed by atoms with Gasteiger partial charge in [0.05, 0.1) is 6.10 Å². The summed E-state index contributed by atoms with van der Waals surface area (Å²) in [5.41, 5.74) is 1.28. The molecule has 0 saturated carbocycles. The maximum atomic E-state index is 5.47. The topological polar surface area (TPSA) is 12.5 Å². The van der Waals surface area contributed by atoms with Gasteiger partial charge in [0.1, 0.15) is 6.10 Å². The van der Waals surface area contributed by atoms with E-state index in [-0.39, 0.29) is 0 Å². The minimum atomic E-state index is 0.323. The van der Waals surface area contributed by atoms with Gasteiger partial charge in [-0.05, 0) is 12.0 Å². The van der Waals surface area contributed by atoms with Gasteiger partial charge in [-0.1, -0.05) is 36.4 Å². The summed E-state index contributed by atoms with van der Waals surface area (Å²) in [7, 11) is 0. The zero-order valence-electron chi connectivity index (χ0n) is 6.94. The van der Waals surface area contributed by atoms with Gasteiger partial charge in [-0.2, -0.15) is 0 Å². The number of epoxide rings is 1. The van der Waals surface area contributed by atoms with Crippen molar-refractivity contribution >= 4 is 0 Å². The molecule has 2 atom stereocenters. The van der Waals surface area contributed by atoms with E-state index in [1.165, 1.54) is 5.56 Å². The highest BCUT2D eigenvalue weighted by molar-refractivity contribution is 5.22. The second kappa shape index (κ2) is 3.11. The van der Waals surface area contributed by atoms with Gasteiger partial charge >= 0.3 is 0 Å². The standard InChI is InChI=1S/C11H12O/c1-2-6-10-11(12-10)9-7-4-3-5-8-9/h2-5,7-8,10-11H,1,6H2/t10-,11?/m0/s1. The van der Waals surface area contributed by atoms with Gasteiger partial charge in [-0.25, -0.2) is 0 Å². The molecule has 2 rings (SSSR count). The summed E-state index contributed by atoms with van der Waals surface area (Å²) >= 11 is 0. The second-order valence-corrected chi connectivity index (χ2v) is 3.03. The van der Waals surface area contributed by atoms with Crippen molar-refractivity contribution in [2.45, 2.75) is 18.6 Å². The molecule has 0 bridgehead atoms. The van der Waals surface area contributed by atoms with Crippen molar-refractivity contribution in [3.05, 3.63) is 48.6 Å². The van der Waals surface area contributed by atoms with Crippen LogP contribution in [0.3, 0.4) is 0 Å². The summed E-state index contributed by atoms with van der Waals surface area (Å²) in [5.74, 6) is 0. The van der Waals surface area contributed by atoms with Crippen LogP contribution in [0.5, 0.6) is 0 Å². The number of hydrogen-bond acceptors (Lipinski definition) is 1. The van der Waals surface area contributed by atoms with E-state index in [4.69, 9.17) is 4.74 Å². The highest BCUT2D eigenvalue weighted by atomic mass is 16.6. The first-order chi connectivity index (χ1) is 5.92. The molecule has 0 N–H and O–H groups in total. The van der Waals surface area contributed by atoms with Crippen LogP contribution < -0.4 is 0 Å². The van der Waals surface area contributed by atoms with Crippen molar-refractivity contribution in [3.63, 3.8) is 0 Å². The maximum Gasteiger partial charge on any atom is 0.109 e. The van der Waals surface area contributed by atoms with Crippen LogP contribution in [0.15, 0.2) is 43.0 Å². The number of ether oxygens (including phenoxy) is 1. The Morgan fingerprint density at radius 2 is 2.08 bits per heavy atom. The lowest BCUT2D eigenvalue weighted by molar-refractivity contribution is 0.375. The van der Waals surface area contributed by atoms with Crippen LogP contribution in [0.2, 0.25) is 0 Å². The van der Waals surface area contributed by atoms with Crippen molar-refractivity contribution in [3.8, 4) is 0 Å². The molecule has 0 amide bonds. The van der Waals surface area contributed by atoms with Crippen LogP contribution in [0.4, 0.5) is 0 Å². The zero-order valence-corrected chi connectivity index (χ0v) is 6.94. The van der Waals surface area contributed by atoms with Crippen molar-refractivity contribution in [1.29, 1.82) is 0 Å². The molecule has 62 valence electrons. The van der Waals surface area contributed by atoms with Crippen molar-refractivity contribution in [1.82, 2.24) is 0 Å². The lowest BCUT2D eigenvalue weighted by Crippen LogP contribution is -1.85.